The lowest BCUT2D eigenvalue weighted by Crippen LogP contribution is -2.48. The lowest BCUT2D eigenvalue weighted by atomic mass is 9.93. The maximum absolute atomic E-state index is 12.1. The Morgan fingerprint density at radius 3 is 2.47 bits per heavy atom. The molecular weight excluding hydrogens is 304 g/mol. The summed E-state index contributed by atoms with van der Waals surface area (Å²) in [5, 5.41) is 3.02. The van der Waals surface area contributed by atoms with Crippen LogP contribution in [0.3, 0.4) is 0 Å². The molecule has 0 aromatic heterocycles. The van der Waals surface area contributed by atoms with Gasteiger partial charge in [-0.25, -0.2) is 0 Å². The number of nitrogens with two attached hydrogens (primary N) is 1. The number of hydrogen-bond acceptors (Lipinski definition) is 2. The maximum atomic E-state index is 12.1. The smallest absolute Gasteiger partial charge is 0.237 e. The highest BCUT2D eigenvalue weighted by atomic mass is 79.9. The Labute approximate surface area is 124 Å². The normalized spacial score (nSPS) is 13.1. The van der Waals surface area contributed by atoms with E-state index in [4.69, 9.17) is 5.73 Å². The summed E-state index contributed by atoms with van der Waals surface area (Å²) in [5.74, 6) is -0.0821. The first-order chi connectivity index (χ1) is 8.86. The van der Waals surface area contributed by atoms with E-state index in [0.717, 1.165) is 29.3 Å². The van der Waals surface area contributed by atoms with Gasteiger partial charge in [-0.1, -0.05) is 47.8 Å². The number of amides is 1. The molecule has 106 valence electrons. The van der Waals surface area contributed by atoms with Gasteiger partial charge < -0.3 is 11.1 Å². The summed E-state index contributed by atoms with van der Waals surface area (Å²) < 4.78 is 1.03. The standard InChI is InChI=1S/C15H23BrN2O/c1-4-5-6-13(17)14(19)18-15(2,3)11-7-9-12(16)10-8-11/h7-10,13H,4-6,17H2,1-3H3,(H,18,19)/t13-/m0/s1. The monoisotopic (exact) mass is 326 g/mol. The number of halogens is 1. The van der Waals surface area contributed by atoms with Crippen LogP contribution in [0.2, 0.25) is 0 Å². The first-order valence-electron chi connectivity index (χ1n) is 6.70. The summed E-state index contributed by atoms with van der Waals surface area (Å²) in [6.07, 6.45) is 2.77. The molecule has 1 rings (SSSR count). The third-order valence-corrected chi connectivity index (χ3v) is 3.74. The van der Waals surface area contributed by atoms with E-state index in [1.54, 1.807) is 0 Å². The molecule has 1 aromatic carbocycles. The molecule has 0 fully saturated rings. The van der Waals surface area contributed by atoms with E-state index in [-0.39, 0.29) is 5.91 Å². The lowest BCUT2D eigenvalue weighted by molar-refractivity contribution is -0.124. The van der Waals surface area contributed by atoms with Crippen molar-refractivity contribution < 1.29 is 4.79 Å². The molecule has 0 unspecified atom stereocenters. The van der Waals surface area contributed by atoms with E-state index in [9.17, 15) is 4.79 Å². The van der Waals surface area contributed by atoms with Gasteiger partial charge in [-0.05, 0) is 38.0 Å². The summed E-state index contributed by atoms with van der Waals surface area (Å²) in [4.78, 5) is 12.1. The van der Waals surface area contributed by atoms with Gasteiger partial charge in [0.05, 0.1) is 11.6 Å². The molecule has 4 heteroatoms. The fourth-order valence-electron chi connectivity index (χ4n) is 1.89. The second-order valence-corrected chi connectivity index (χ2v) is 6.29. The minimum Gasteiger partial charge on any atom is -0.346 e. The van der Waals surface area contributed by atoms with Crippen LogP contribution >= 0.6 is 15.9 Å². The molecule has 0 bridgehead atoms. The van der Waals surface area contributed by atoms with Crippen molar-refractivity contribution in [1.82, 2.24) is 5.32 Å². The second-order valence-electron chi connectivity index (χ2n) is 5.37. The Kier molecular flexibility index (Phi) is 6.01. The Balaban J connectivity index is 2.68. The molecule has 0 saturated carbocycles. The largest absolute Gasteiger partial charge is 0.346 e. The van der Waals surface area contributed by atoms with Crippen LogP contribution in [0.1, 0.15) is 45.6 Å². The molecule has 0 radical (unpaired) electrons. The van der Waals surface area contributed by atoms with Crippen molar-refractivity contribution in [2.75, 3.05) is 0 Å². The van der Waals surface area contributed by atoms with Crippen LogP contribution in [0.25, 0.3) is 0 Å². The summed E-state index contributed by atoms with van der Waals surface area (Å²) in [7, 11) is 0. The van der Waals surface area contributed by atoms with Gasteiger partial charge in [0.15, 0.2) is 0 Å². The summed E-state index contributed by atoms with van der Waals surface area (Å²) >= 11 is 3.41. The van der Waals surface area contributed by atoms with Crippen molar-refractivity contribution >= 4 is 21.8 Å². The number of nitrogens with one attached hydrogen (secondary N) is 1. The number of carbonyl (C=O) groups excluding carboxylic acids is 1. The summed E-state index contributed by atoms with van der Waals surface area (Å²) in [6.45, 7) is 6.07. The van der Waals surface area contributed by atoms with Crippen LogP contribution in [0.4, 0.5) is 0 Å². The summed E-state index contributed by atoms with van der Waals surface area (Å²) in [6, 6.07) is 7.53. The van der Waals surface area contributed by atoms with Crippen LogP contribution in [-0.2, 0) is 10.3 Å². The first kappa shape index (κ1) is 16.2. The third kappa shape index (κ3) is 4.96. The second kappa shape index (κ2) is 7.06. The van der Waals surface area contributed by atoms with Gasteiger partial charge >= 0.3 is 0 Å². The van der Waals surface area contributed by atoms with Crippen LogP contribution in [0.5, 0.6) is 0 Å². The Bertz CT molecular complexity index is 415. The Morgan fingerprint density at radius 1 is 1.37 bits per heavy atom. The topological polar surface area (TPSA) is 55.1 Å². The molecule has 1 aromatic rings. The predicted octanol–water partition coefficient (Wildman–Crippen LogP) is 3.32. The van der Waals surface area contributed by atoms with E-state index in [2.05, 4.69) is 28.2 Å². The minimum absolute atomic E-state index is 0.0821. The number of benzene rings is 1. The molecule has 1 amide bonds. The molecule has 0 aliphatic rings. The molecule has 0 aliphatic heterocycles. The van der Waals surface area contributed by atoms with E-state index in [1.807, 2.05) is 38.1 Å². The van der Waals surface area contributed by atoms with Crippen molar-refractivity contribution in [1.29, 1.82) is 0 Å². The van der Waals surface area contributed by atoms with Crippen molar-refractivity contribution in [2.45, 2.75) is 51.6 Å². The minimum atomic E-state index is -0.422. The molecule has 0 spiro atoms. The average molecular weight is 327 g/mol. The molecule has 1 atom stereocenters. The molecule has 0 saturated heterocycles. The molecule has 0 aliphatic carbocycles. The fourth-order valence-corrected chi connectivity index (χ4v) is 2.16. The van der Waals surface area contributed by atoms with Crippen LogP contribution < -0.4 is 11.1 Å². The zero-order valence-corrected chi connectivity index (χ0v) is 13.5. The molecule has 0 heterocycles. The number of rotatable bonds is 6. The van der Waals surface area contributed by atoms with E-state index < -0.39 is 11.6 Å². The fraction of sp³-hybridized carbons (Fsp3) is 0.533. The van der Waals surface area contributed by atoms with Crippen molar-refractivity contribution in [3.05, 3.63) is 34.3 Å². The first-order valence-corrected chi connectivity index (χ1v) is 7.49. The molecule has 19 heavy (non-hydrogen) atoms. The molecule has 3 N–H and O–H groups in total. The maximum Gasteiger partial charge on any atom is 0.237 e. The van der Waals surface area contributed by atoms with Gasteiger partial charge in [-0.15, -0.1) is 0 Å². The van der Waals surface area contributed by atoms with Gasteiger partial charge in [0.25, 0.3) is 0 Å². The van der Waals surface area contributed by atoms with E-state index in [1.165, 1.54) is 0 Å². The Morgan fingerprint density at radius 2 is 1.95 bits per heavy atom. The lowest BCUT2D eigenvalue weighted by Gasteiger charge is -2.28. The number of hydrogen-bond donors (Lipinski definition) is 2. The summed E-state index contributed by atoms with van der Waals surface area (Å²) in [5.41, 5.74) is 6.54. The quantitative estimate of drug-likeness (QED) is 0.842. The van der Waals surface area contributed by atoms with Gasteiger partial charge in [0, 0.05) is 4.47 Å². The van der Waals surface area contributed by atoms with Gasteiger partial charge in [-0.2, -0.15) is 0 Å². The average Bonchev–Trinajstić information content (AvgIpc) is 2.35. The third-order valence-electron chi connectivity index (χ3n) is 3.21. The van der Waals surface area contributed by atoms with E-state index >= 15 is 0 Å². The Hall–Kier alpha value is -0.870. The highest BCUT2D eigenvalue weighted by Crippen LogP contribution is 2.22. The van der Waals surface area contributed by atoms with Crippen LogP contribution in [0, 0.1) is 0 Å². The van der Waals surface area contributed by atoms with Gasteiger partial charge in [-0.3, -0.25) is 4.79 Å². The predicted molar refractivity (Wildman–Crippen MR) is 82.8 cm³/mol. The zero-order chi connectivity index (χ0) is 14.5. The molecule has 3 nitrogen and oxygen atoms in total. The zero-order valence-electron chi connectivity index (χ0n) is 11.9. The van der Waals surface area contributed by atoms with Crippen LogP contribution in [0.15, 0.2) is 28.7 Å². The number of carbonyl (C=O) groups is 1. The van der Waals surface area contributed by atoms with Gasteiger partial charge in [0.2, 0.25) is 5.91 Å². The van der Waals surface area contributed by atoms with Gasteiger partial charge in [0.1, 0.15) is 0 Å². The number of unbranched alkanes of at least 4 members (excludes halogenated alkanes) is 1. The van der Waals surface area contributed by atoms with Crippen molar-refractivity contribution in [3.8, 4) is 0 Å². The van der Waals surface area contributed by atoms with E-state index in [0.29, 0.717) is 0 Å². The molecular formula is C15H23BrN2O. The van der Waals surface area contributed by atoms with Crippen molar-refractivity contribution in [2.24, 2.45) is 5.73 Å². The highest BCUT2D eigenvalue weighted by Gasteiger charge is 2.25. The van der Waals surface area contributed by atoms with Crippen molar-refractivity contribution in [3.63, 3.8) is 0 Å². The SMILES string of the molecule is CCCC[C@H](N)C(=O)NC(C)(C)c1ccc(Br)cc1. The highest BCUT2D eigenvalue weighted by molar-refractivity contribution is 9.10. The van der Waals surface area contributed by atoms with Crippen LogP contribution in [-0.4, -0.2) is 11.9 Å².